The molecule has 7 rings (SSSR count). The van der Waals surface area contributed by atoms with E-state index in [9.17, 15) is 22.8 Å². The monoisotopic (exact) mass is 843 g/mol. The smallest absolute Gasteiger partial charge is 0.266 e. The second-order valence-electron chi connectivity index (χ2n) is 16.8. The zero-order valence-electron chi connectivity index (χ0n) is 34.3. The molecule has 0 bridgehead atoms. The minimum Gasteiger partial charge on any atom is -0.497 e. The summed E-state index contributed by atoms with van der Waals surface area (Å²) in [4.78, 5) is 53.9. The quantitative estimate of drug-likeness (QED) is 0.142. The molecule has 16 heteroatoms. The van der Waals surface area contributed by atoms with Crippen molar-refractivity contribution in [3.05, 3.63) is 66.1 Å². The molecule has 2 aromatic heterocycles. The van der Waals surface area contributed by atoms with E-state index in [1.165, 1.54) is 22.3 Å². The number of carbonyl (C=O) groups excluding carboxylic acids is 3. The summed E-state index contributed by atoms with van der Waals surface area (Å²) >= 11 is 1.47. The van der Waals surface area contributed by atoms with Gasteiger partial charge in [0.15, 0.2) is 5.13 Å². The van der Waals surface area contributed by atoms with Gasteiger partial charge in [0.25, 0.3) is 15.9 Å². The summed E-state index contributed by atoms with van der Waals surface area (Å²) in [5.74, 6) is -0.975. The number of hydrogen-bond acceptors (Lipinski definition) is 12. The van der Waals surface area contributed by atoms with E-state index in [1.54, 1.807) is 46.1 Å². The Morgan fingerprint density at radius 3 is 2.61 bits per heavy atom. The van der Waals surface area contributed by atoms with Gasteiger partial charge in [-0.1, -0.05) is 51.5 Å². The minimum absolute atomic E-state index is 0.0529. The van der Waals surface area contributed by atoms with Gasteiger partial charge in [0.1, 0.15) is 39.8 Å². The lowest BCUT2D eigenvalue weighted by Gasteiger charge is -2.31. The van der Waals surface area contributed by atoms with E-state index in [1.807, 2.05) is 55.6 Å². The Morgan fingerprint density at radius 2 is 1.85 bits per heavy atom. The molecule has 314 valence electrons. The molecule has 59 heavy (non-hydrogen) atoms. The molecule has 0 radical (unpaired) electrons. The van der Waals surface area contributed by atoms with Crippen LogP contribution >= 0.6 is 11.3 Å². The van der Waals surface area contributed by atoms with Gasteiger partial charge in [0.05, 0.1) is 30.6 Å². The number of allylic oxidation sites excluding steroid dienone is 1. The van der Waals surface area contributed by atoms with Crippen LogP contribution in [0.3, 0.4) is 0 Å². The Balaban J connectivity index is 1.18. The van der Waals surface area contributed by atoms with Crippen LogP contribution in [0.1, 0.15) is 73.1 Å². The number of likely N-dealkylation sites (tertiary alicyclic amines) is 1. The van der Waals surface area contributed by atoms with Crippen molar-refractivity contribution in [2.24, 2.45) is 11.3 Å². The maximum Gasteiger partial charge on any atom is 0.266 e. The van der Waals surface area contributed by atoms with Crippen molar-refractivity contribution in [1.82, 2.24) is 24.9 Å². The maximum absolute atomic E-state index is 14.6. The number of methoxy groups -OCH3 is 1. The molecule has 14 nitrogen and oxygen atoms in total. The van der Waals surface area contributed by atoms with Crippen LogP contribution in [0.5, 0.6) is 11.5 Å². The average molecular weight is 844 g/mol. The van der Waals surface area contributed by atoms with Crippen LogP contribution < -0.4 is 30.1 Å². The van der Waals surface area contributed by atoms with Gasteiger partial charge in [-0.3, -0.25) is 14.4 Å². The molecule has 2 fully saturated rings. The summed E-state index contributed by atoms with van der Waals surface area (Å²) < 4.78 is 42.0. The summed E-state index contributed by atoms with van der Waals surface area (Å²) in [6.07, 6.45) is 7.08. The van der Waals surface area contributed by atoms with Crippen molar-refractivity contribution in [2.75, 3.05) is 30.8 Å². The zero-order valence-corrected chi connectivity index (χ0v) is 36.0. The second-order valence-corrected chi connectivity index (χ2v) is 19.3. The van der Waals surface area contributed by atoms with Gasteiger partial charge >= 0.3 is 0 Å². The molecule has 4 aromatic rings. The normalized spacial score (nSPS) is 23.7. The first kappa shape index (κ1) is 41.9. The summed E-state index contributed by atoms with van der Waals surface area (Å²) in [5.41, 5.74) is -0.121. The molecule has 3 aliphatic rings. The lowest BCUT2D eigenvalue weighted by Crippen LogP contribution is -2.57. The summed E-state index contributed by atoms with van der Waals surface area (Å²) in [5, 5.41) is 12.9. The Bertz CT molecular complexity index is 2370. The van der Waals surface area contributed by atoms with E-state index in [0.717, 1.165) is 30.8 Å². The molecule has 1 aliphatic carbocycles. The number of ether oxygens (including phenoxy) is 2. The molecule has 0 spiro atoms. The van der Waals surface area contributed by atoms with Gasteiger partial charge < -0.3 is 30.3 Å². The van der Waals surface area contributed by atoms with Crippen LogP contribution in [0.2, 0.25) is 0 Å². The summed E-state index contributed by atoms with van der Waals surface area (Å²) in [6.45, 7) is 10.1. The molecule has 1 saturated heterocycles. The number of anilines is 2. The summed E-state index contributed by atoms with van der Waals surface area (Å²) in [6, 6.07) is 13.0. The van der Waals surface area contributed by atoms with E-state index in [4.69, 9.17) is 19.4 Å². The SMILES string of the molecule is COc1ccc2c(O[C@@H]3C[C@@H](C(=O)N[C@]45C[C@H]4/C=C\CCCCCNc4ccccc4S(=O)(=O)NC5=O)N(C(=O)C(C)(C)C)C3)cc(-c3csc(NC(C)C)n3)nc2c1. The average Bonchev–Trinajstić information content (AvgIpc) is 3.45. The third-order valence-corrected chi connectivity index (χ3v) is 13.0. The highest BCUT2D eigenvalue weighted by Crippen LogP contribution is 2.46. The van der Waals surface area contributed by atoms with Gasteiger partial charge in [-0.15, -0.1) is 11.3 Å². The van der Waals surface area contributed by atoms with Crippen molar-refractivity contribution < 1.29 is 32.3 Å². The third-order valence-electron chi connectivity index (χ3n) is 10.8. The van der Waals surface area contributed by atoms with Crippen molar-refractivity contribution in [3.8, 4) is 22.9 Å². The van der Waals surface area contributed by atoms with Gasteiger partial charge in [-0.25, -0.2) is 23.1 Å². The number of thiazole rings is 1. The number of hydrogen-bond donors (Lipinski definition) is 4. The predicted octanol–water partition coefficient (Wildman–Crippen LogP) is 6.50. The lowest BCUT2D eigenvalue weighted by atomic mass is 9.94. The molecule has 3 amide bonds. The molecule has 4 heterocycles. The molecule has 2 aromatic carbocycles. The van der Waals surface area contributed by atoms with Crippen LogP contribution in [0.25, 0.3) is 22.3 Å². The van der Waals surface area contributed by atoms with Crippen LogP contribution in [-0.4, -0.2) is 84.9 Å². The first-order valence-electron chi connectivity index (χ1n) is 20.2. The predicted molar refractivity (Wildman–Crippen MR) is 229 cm³/mol. The van der Waals surface area contributed by atoms with E-state index in [2.05, 4.69) is 20.7 Å². The standard InChI is InChI=1S/C43H53N7O7S2/c1-26(2)45-41-47-34(25-58-41)33-22-36(30-18-17-28(56-6)20-32(30)46-33)57-29-21-35(50(24-29)40(53)42(3,4)5)38(51)48-43-23-27(43)14-10-8-7-9-13-19-44-31-15-11-12-16-37(31)59(54,55)49-39(43)52/h10-12,14-18,20,22,25-27,29,35,44H,7-9,13,19,21,23-24H2,1-6H3,(H,45,47)(H,48,51)(H,49,52)/b14-10-/t27-,29-,35+,43-/m1/s1. The van der Waals surface area contributed by atoms with Crippen molar-refractivity contribution in [2.45, 2.75) is 102 Å². The fourth-order valence-electron chi connectivity index (χ4n) is 7.65. The lowest BCUT2D eigenvalue weighted by molar-refractivity contribution is -0.145. The Labute approximate surface area is 349 Å². The highest BCUT2D eigenvalue weighted by molar-refractivity contribution is 7.90. The number of amides is 3. The number of para-hydroxylation sites is 1. The first-order chi connectivity index (χ1) is 28.1. The highest BCUT2D eigenvalue weighted by Gasteiger charge is 2.62. The number of benzene rings is 2. The maximum atomic E-state index is 14.6. The molecule has 2 aliphatic heterocycles. The second kappa shape index (κ2) is 16.8. The molecule has 4 atom stereocenters. The van der Waals surface area contributed by atoms with Gasteiger partial charge in [-0.2, -0.15) is 0 Å². The third kappa shape index (κ3) is 9.18. The number of pyridine rings is 1. The Kier molecular flexibility index (Phi) is 11.9. The number of aromatic nitrogens is 2. The minimum atomic E-state index is -4.33. The van der Waals surface area contributed by atoms with E-state index in [0.29, 0.717) is 46.0 Å². The van der Waals surface area contributed by atoms with Crippen molar-refractivity contribution in [1.29, 1.82) is 0 Å². The number of sulfonamides is 1. The molecular weight excluding hydrogens is 791 g/mol. The number of nitrogens with one attached hydrogen (secondary N) is 4. The number of fused-ring (bicyclic) bond motifs is 3. The molecule has 4 N–H and O–H groups in total. The van der Waals surface area contributed by atoms with Gasteiger partial charge in [-0.05, 0) is 63.8 Å². The first-order valence-corrected chi connectivity index (χ1v) is 22.5. The van der Waals surface area contributed by atoms with Gasteiger partial charge in [0.2, 0.25) is 11.8 Å². The van der Waals surface area contributed by atoms with E-state index in [-0.39, 0.29) is 36.2 Å². The molecular formula is C43H53N7O7S2. The van der Waals surface area contributed by atoms with Crippen LogP contribution in [-0.2, 0) is 24.4 Å². The van der Waals surface area contributed by atoms with Crippen LogP contribution in [0.4, 0.5) is 10.8 Å². The number of carbonyl (C=O) groups is 3. The van der Waals surface area contributed by atoms with E-state index >= 15 is 0 Å². The molecule has 1 saturated carbocycles. The van der Waals surface area contributed by atoms with Crippen LogP contribution in [0.15, 0.2) is 71.0 Å². The van der Waals surface area contributed by atoms with Crippen LogP contribution in [0, 0.1) is 11.3 Å². The fourth-order valence-corrected chi connectivity index (χ4v) is 9.73. The van der Waals surface area contributed by atoms with E-state index < -0.39 is 50.9 Å². The topological polar surface area (TPSA) is 181 Å². The molecule has 0 unspecified atom stereocenters. The summed E-state index contributed by atoms with van der Waals surface area (Å²) in [7, 11) is -2.74. The highest BCUT2D eigenvalue weighted by atomic mass is 32.2. The fraction of sp³-hybridized carbons (Fsp3) is 0.465. The van der Waals surface area contributed by atoms with Crippen molar-refractivity contribution in [3.63, 3.8) is 0 Å². The van der Waals surface area contributed by atoms with Crippen molar-refractivity contribution >= 4 is 60.8 Å². The Hall–Kier alpha value is -5.22. The number of nitrogens with zero attached hydrogens (tertiary/aromatic N) is 3. The van der Waals surface area contributed by atoms with Gasteiger partial charge in [0, 0.05) is 53.2 Å². The zero-order chi connectivity index (χ0) is 42.1. The number of rotatable bonds is 8. The Morgan fingerprint density at radius 1 is 1.05 bits per heavy atom. The largest absolute Gasteiger partial charge is 0.497 e.